The second-order valence-electron chi connectivity index (χ2n) is 5.05. The molecule has 0 fully saturated rings. The summed E-state index contributed by atoms with van der Waals surface area (Å²) in [5, 5.41) is 4.39. The molecule has 4 aromatic rings. The van der Waals surface area contributed by atoms with E-state index in [0.29, 0.717) is 16.6 Å². The van der Waals surface area contributed by atoms with Gasteiger partial charge in [-0.2, -0.15) is 0 Å². The quantitative estimate of drug-likeness (QED) is 0.598. The molecule has 0 aliphatic carbocycles. The summed E-state index contributed by atoms with van der Waals surface area (Å²) in [6.07, 6.45) is 0. The number of benzene rings is 2. The Kier molecular flexibility index (Phi) is 3.24. The van der Waals surface area contributed by atoms with E-state index in [4.69, 9.17) is 4.74 Å². The van der Waals surface area contributed by atoms with Crippen molar-refractivity contribution in [2.24, 2.45) is 0 Å². The van der Waals surface area contributed by atoms with E-state index in [0.717, 1.165) is 21.1 Å². The van der Waals surface area contributed by atoms with E-state index < -0.39 is 0 Å². The van der Waals surface area contributed by atoms with Crippen LogP contribution in [0.5, 0.6) is 5.75 Å². The van der Waals surface area contributed by atoms with Gasteiger partial charge in [-0.15, -0.1) is 0 Å². The highest BCUT2D eigenvalue weighted by molar-refractivity contribution is 7.22. The van der Waals surface area contributed by atoms with Crippen LogP contribution in [0.25, 0.3) is 21.1 Å². The van der Waals surface area contributed by atoms with E-state index in [2.05, 4.69) is 15.3 Å². The highest BCUT2D eigenvalue weighted by Crippen LogP contribution is 2.32. The molecule has 0 aliphatic heterocycles. The molecular weight excluding hydrogens is 310 g/mol. The number of methoxy groups -OCH3 is 1. The number of aromatic amines is 1. The number of anilines is 1. The second-order valence-corrected chi connectivity index (χ2v) is 6.08. The Balaban J connectivity index is 1.65. The minimum atomic E-state index is -0.209. The van der Waals surface area contributed by atoms with Crippen LogP contribution in [0.2, 0.25) is 0 Å². The molecule has 0 radical (unpaired) electrons. The molecule has 0 bridgehead atoms. The first kappa shape index (κ1) is 13.8. The lowest BCUT2D eigenvalue weighted by atomic mass is 10.2. The van der Waals surface area contributed by atoms with Crippen molar-refractivity contribution < 1.29 is 9.53 Å². The second kappa shape index (κ2) is 5.40. The predicted octanol–water partition coefficient (Wildman–Crippen LogP) is 4.04. The fraction of sp³-hybridized carbons (Fsp3) is 0.0588. The molecule has 0 aliphatic rings. The highest BCUT2D eigenvalue weighted by atomic mass is 32.1. The Labute approximate surface area is 135 Å². The molecule has 0 saturated heterocycles. The molecule has 0 saturated carbocycles. The van der Waals surface area contributed by atoms with Crippen LogP contribution in [0.15, 0.2) is 48.5 Å². The minimum absolute atomic E-state index is 0.209. The number of carbonyl (C=O) groups is 1. The van der Waals surface area contributed by atoms with E-state index in [9.17, 15) is 4.79 Å². The molecule has 2 heterocycles. The summed E-state index contributed by atoms with van der Waals surface area (Å²) in [6, 6.07) is 15.3. The Morgan fingerprint density at radius 2 is 2.09 bits per heavy atom. The Morgan fingerprint density at radius 3 is 2.91 bits per heavy atom. The van der Waals surface area contributed by atoms with Gasteiger partial charge in [-0.3, -0.25) is 10.1 Å². The lowest BCUT2D eigenvalue weighted by Crippen LogP contribution is -2.11. The molecule has 2 N–H and O–H groups in total. The zero-order valence-corrected chi connectivity index (χ0v) is 13.1. The number of fused-ring (bicyclic) bond motifs is 2. The topological polar surface area (TPSA) is 67.0 Å². The van der Waals surface area contributed by atoms with Gasteiger partial charge in [0.25, 0.3) is 5.91 Å². The smallest absolute Gasteiger partial charge is 0.273 e. The third-order valence-corrected chi connectivity index (χ3v) is 4.53. The van der Waals surface area contributed by atoms with Crippen molar-refractivity contribution in [1.29, 1.82) is 0 Å². The van der Waals surface area contributed by atoms with Gasteiger partial charge in [0.15, 0.2) is 5.13 Å². The maximum Gasteiger partial charge on any atom is 0.273 e. The third kappa shape index (κ3) is 2.43. The standard InChI is InChI=1S/C17H13N3O2S/c1-22-13-7-4-8-14-15(13)19-17(23-14)20-16(21)12-9-10-5-2-3-6-11(10)18-12/h2-9,18H,1H3,(H,19,20,21). The number of aromatic nitrogens is 2. The van der Waals surface area contributed by atoms with Crippen molar-refractivity contribution in [3.05, 3.63) is 54.2 Å². The first-order valence-corrected chi connectivity index (χ1v) is 7.89. The highest BCUT2D eigenvalue weighted by Gasteiger charge is 2.13. The predicted molar refractivity (Wildman–Crippen MR) is 92.4 cm³/mol. The molecule has 2 aromatic heterocycles. The fourth-order valence-electron chi connectivity index (χ4n) is 2.50. The minimum Gasteiger partial charge on any atom is -0.494 e. The molecule has 4 rings (SSSR count). The number of hydrogen-bond acceptors (Lipinski definition) is 4. The van der Waals surface area contributed by atoms with Crippen molar-refractivity contribution in [3.8, 4) is 5.75 Å². The maximum atomic E-state index is 12.4. The number of rotatable bonds is 3. The summed E-state index contributed by atoms with van der Waals surface area (Å²) in [7, 11) is 1.61. The lowest BCUT2D eigenvalue weighted by Gasteiger charge is -1.99. The number of carbonyl (C=O) groups excluding carboxylic acids is 1. The number of nitrogens with one attached hydrogen (secondary N) is 2. The molecule has 2 aromatic carbocycles. The molecule has 0 atom stereocenters. The monoisotopic (exact) mass is 323 g/mol. The van der Waals surface area contributed by atoms with Gasteiger partial charge in [-0.25, -0.2) is 4.98 Å². The molecule has 0 spiro atoms. The Morgan fingerprint density at radius 1 is 1.22 bits per heavy atom. The van der Waals surface area contributed by atoms with Gasteiger partial charge in [-0.05, 0) is 24.3 Å². The lowest BCUT2D eigenvalue weighted by molar-refractivity contribution is 0.102. The van der Waals surface area contributed by atoms with E-state index in [1.165, 1.54) is 11.3 Å². The molecule has 5 nitrogen and oxygen atoms in total. The number of nitrogens with zero attached hydrogens (tertiary/aromatic N) is 1. The number of ether oxygens (including phenoxy) is 1. The first-order valence-electron chi connectivity index (χ1n) is 7.07. The van der Waals surface area contributed by atoms with Gasteiger partial charge < -0.3 is 9.72 Å². The van der Waals surface area contributed by atoms with Crippen LogP contribution in [0.1, 0.15) is 10.5 Å². The maximum absolute atomic E-state index is 12.4. The number of thiazole rings is 1. The first-order chi connectivity index (χ1) is 11.2. The van der Waals surface area contributed by atoms with Crippen LogP contribution in [0.4, 0.5) is 5.13 Å². The van der Waals surface area contributed by atoms with Gasteiger partial charge in [0, 0.05) is 10.9 Å². The van der Waals surface area contributed by atoms with E-state index in [1.807, 2.05) is 48.5 Å². The number of para-hydroxylation sites is 2. The van der Waals surface area contributed by atoms with Crippen LogP contribution in [0.3, 0.4) is 0 Å². The van der Waals surface area contributed by atoms with Gasteiger partial charge in [0.05, 0.1) is 11.8 Å². The summed E-state index contributed by atoms with van der Waals surface area (Å²) in [5.74, 6) is 0.490. The largest absolute Gasteiger partial charge is 0.494 e. The van der Waals surface area contributed by atoms with E-state index in [1.54, 1.807) is 7.11 Å². The van der Waals surface area contributed by atoms with E-state index in [-0.39, 0.29) is 5.91 Å². The molecular formula is C17H13N3O2S. The average molecular weight is 323 g/mol. The number of H-pyrrole nitrogens is 1. The van der Waals surface area contributed by atoms with Crippen LogP contribution >= 0.6 is 11.3 Å². The summed E-state index contributed by atoms with van der Waals surface area (Å²) in [6.45, 7) is 0. The van der Waals surface area contributed by atoms with Crippen molar-refractivity contribution in [2.75, 3.05) is 12.4 Å². The summed E-state index contributed by atoms with van der Waals surface area (Å²) in [5.41, 5.74) is 2.20. The van der Waals surface area contributed by atoms with Gasteiger partial charge in [0.2, 0.25) is 0 Å². The van der Waals surface area contributed by atoms with Crippen LogP contribution in [0, 0.1) is 0 Å². The molecule has 114 valence electrons. The molecule has 1 amide bonds. The number of amides is 1. The number of hydrogen-bond donors (Lipinski definition) is 2. The molecule has 0 unspecified atom stereocenters. The normalized spacial score (nSPS) is 11.0. The van der Waals surface area contributed by atoms with Gasteiger partial charge in [0.1, 0.15) is 17.0 Å². The SMILES string of the molecule is COc1cccc2sc(NC(=O)c3cc4ccccc4[nH]3)nc12. The molecule has 23 heavy (non-hydrogen) atoms. The third-order valence-electron chi connectivity index (χ3n) is 3.60. The van der Waals surface area contributed by atoms with Crippen molar-refractivity contribution in [2.45, 2.75) is 0 Å². The van der Waals surface area contributed by atoms with Gasteiger partial charge in [-0.1, -0.05) is 35.6 Å². The van der Waals surface area contributed by atoms with Crippen LogP contribution in [-0.4, -0.2) is 23.0 Å². The van der Waals surface area contributed by atoms with Gasteiger partial charge >= 0.3 is 0 Å². The van der Waals surface area contributed by atoms with Crippen molar-refractivity contribution >= 4 is 43.5 Å². The summed E-state index contributed by atoms with van der Waals surface area (Å²) >= 11 is 1.42. The van der Waals surface area contributed by atoms with Crippen molar-refractivity contribution in [1.82, 2.24) is 9.97 Å². The molecule has 6 heteroatoms. The fourth-order valence-corrected chi connectivity index (χ4v) is 3.38. The van der Waals surface area contributed by atoms with Crippen LogP contribution in [-0.2, 0) is 0 Å². The zero-order valence-electron chi connectivity index (χ0n) is 12.3. The summed E-state index contributed by atoms with van der Waals surface area (Å²) < 4.78 is 6.26. The van der Waals surface area contributed by atoms with E-state index >= 15 is 0 Å². The zero-order chi connectivity index (χ0) is 15.8. The Bertz CT molecular complexity index is 986. The van der Waals surface area contributed by atoms with Crippen LogP contribution < -0.4 is 10.1 Å². The Hall–Kier alpha value is -2.86. The summed E-state index contributed by atoms with van der Waals surface area (Å²) in [4.78, 5) is 20.0. The van der Waals surface area contributed by atoms with Crippen molar-refractivity contribution in [3.63, 3.8) is 0 Å². The average Bonchev–Trinajstić information content (AvgIpc) is 3.17.